The first-order valence-corrected chi connectivity index (χ1v) is 7.07. The lowest BCUT2D eigenvalue weighted by Crippen LogP contribution is -2.26. The van der Waals surface area contributed by atoms with Crippen LogP contribution < -0.4 is 4.74 Å². The average Bonchev–Trinajstić information content (AvgIpc) is 2.68. The van der Waals surface area contributed by atoms with E-state index in [1.54, 1.807) is 6.07 Å². The molecule has 2 N–H and O–H groups in total. The minimum Gasteiger partial charge on any atom is -0.487 e. The van der Waals surface area contributed by atoms with Gasteiger partial charge in [0.15, 0.2) is 0 Å². The van der Waals surface area contributed by atoms with Crippen LogP contribution in [-0.2, 0) is 11.2 Å². The summed E-state index contributed by atoms with van der Waals surface area (Å²) in [6, 6.07) is 5.58. The molecule has 2 atom stereocenters. The standard InChI is InChI=1S/C16H22O4/c1-4-6-12(15(18)19)13(17)11-8-5-7-10-9-16(2,3)20-14(10)11/h5,7-8,12-13,17H,4,6,9H2,1-3H3,(H,18,19). The molecule has 1 aliphatic heterocycles. The van der Waals surface area contributed by atoms with E-state index >= 15 is 0 Å². The SMILES string of the molecule is CCCC(C(=O)O)C(O)c1cccc2c1OC(C)(C)C2. The number of aliphatic carboxylic acids is 1. The molecule has 1 aromatic carbocycles. The number of carboxylic acid groups (broad SMARTS) is 1. The lowest BCUT2D eigenvalue weighted by Gasteiger charge is -2.23. The first kappa shape index (κ1) is 14.9. The molecule has 0 saturated carbocycles. The largest absolute Gasteiger partial charge is 0.487 e. The zero-order valence-electron chi connectivity index (χ0n) is 12.2. The molecular formula is C16H22O4. The summed E-state index contributed by atoms with van der Waals surface area (Å²) in [6.07, 6.45) is 0.907. The maximum atomic E-state index is 11.3. The number of para-hydroxylation sites is 1. The maximum Gasteiger partial charge on any atom is 0.309 e. The van der Waals surface area contributed by atoms with Gasteiger partial charge >= 0.3 is 5.97 Å². The first-order chi connectivity index (χ1) is 9.35. The molecule has 2 rings (SSSR count). The number of rotatable bonds is 5. The fourth-order valence-corrected chi connectivity index (χ4v) is 2.82. The van der Waals surface area contributed by atoms with Crippen LogP contribution in [0, 0.1) is 5.92 Å². The van der Waals surface area contributed by atoms with Gasteiger partial charge in [-0.25, -0.2) is 0 Å². The molecule has 0 aromatic heterocycles. The van der Waals surface area contributed by atoms with Gasteiger partial charge in [0, 0.05) is 12.0 Å². The monoisotopic (exact) mass is 278 g/mol. The topological polar surface area (TPSA) is 66.8 Å². The molecule has 0 spiro atoms. The van der Waals surface area contributed by atoms with Crippen molar-refractivity contribution in [3.63, 3.8) is 0 Å². The van der Waals surface area contributed by atoms with Crippen LogP contribution in [0.2, 0.25) is 0 Å². The number of aliphatic hydroxyl groups excluding tert-OH is 1. The van der Waals surface area contributed by atoms with Crippen LogP contribution in [0.4, 0.5) is 0 Å². The summed E-state index contributed by atoms with van der Waals surface area (Å²) in [5.74, 6) is -1.10. The van der Waals surface area contributed by atoms with Gasteiger partial charge in [-0.3, -0.25) is 4.79 Å². The van der Waals surface area contributed by atoms with E-state index in [1.165, 1.54) is 0 Å². The van der Waals surface area contributed by atoms with Crippen molar-refractivity contribution in [2.45, 2.75) is 51.7 Å². The molecule has 0 radical (unpaired) electrons. The van der Waals surface area contributed by atoms with Crippen LogP contribution >= 0.6 is 0 Å². The predicted molar refractivity (Wildman–Crippen MR) is 75.8 cm³/mol. The van der Waals surface area contributed by atoms with E-state index in [-0.39, 0.29) is 5.60 Å². The first-order valence-electron chi connectivity index (χ1n) is 7.07. The minimum absolute atomic E-state index is 0.304. The number of benzene rings is 1. The molecule has 2 unspecified atom stereocenters. The maximum absolute atomic E-state index is 11.3. The Morgan fingerprint density at radius 3 is 2.75 bits per heavy atom. The average molecular weight is 278 g/mol. The third-order valence-electron chi connectivity index (χ3n) is 3.74. The number of ether oxygens (including phenoxy) is 1. The number of aliphatic hydroxyl groups is 1. The smallest absolute Gasteiger partial charge is 0.309 e. The fourth-order valence-electron chi connectivity index (χ4n) is 2.82. The molecule has 0 saturated heterocycles. The number of fused-ring (bicyclic) bond motifs is 1. The van der Waals surface area contributed by atoms with Gasteiger partial charge < -0.3 is 14.9 Å². The van der Waals surface area contributed by atoms with Gasteiger partial charge in [-0.1, -0.05) is 31.5 Å². The van der Waals surface area contributed by atoms with Crippen molar-refractivity contribution in [3.8, 4) is 5.75 Å². The molecule has 1 aliphatic rings. The van der Waals surface area contributed by atoms with E-state index in [9.17, 15) is 15.0 Å². The van der Waals surface area contributed by atoms with Crippen LogP contribution in [-0.4, -0.2) is 21.8 Å². The highest BCUT2D eigenvalue weighted by Gasteiger charge is 2.36. The Kier molecular flexibility index (Phi) is 4.04. The van der Waals surface area contributed by atoms with E-state index < -0.39 is 18.0 Å². The summed E-state index contributed by atoms with van der Waals surface area (Å²) >= 11 is 0. The van der Waals surface area contributed by atoms with Gasteiger partial charge in [0.05, 0.1) is 12.0 Å². The lowest BCUT2D eigenvalue weighted by atomic mass is 9.90. The van der Waals surface area contributed by atoms with E-state index in [1.807, 2.05) is 32.9 Å². The Morgan fingerprint density at radius 2 is 2.15 bits per heavy atom. The second-order valence-electron chi connectivity index (χ2n) is 6.05. The van der Waals surface area contributed by atoms with Gasteiger partial charge in [0.1, 0.15) is 11.4 Å². The molecule has 1 aromatic rings. The number of carboxylic acids is 1. The molecule has 1 heterocycles. The quantitative estimate of drug-likeness (QED) is 0.869. The summed E-state index contributed by atoms with van der Waals surface area (Å²) in [7, 11) is 0. The van der Waals surface area contributed by atoms with Gasteiger partial charge in [-0.15, -0.1) is 0 Å². The minimum atomic E-state index is -1.03. The van der Waals surface area contributed by atoms with E-state index in [0.29, 0.717) is 17.7 Å². The van der Waals surface area contributed by atoms with E-state index in [4.69, 9.17) is 4.74 Å². The molecule has 4 nitrogen and oxygen atoms in total. The fraction of sp³-hybridized carbons (Fsp3) is 0.562. The van der Waals surface area contributed by atoms with Gasteiger partial charge in [0.2, 0.25) is 0 Å². The molecule has 0 aliphatic carbocycles. The molecule has 0 fully saturated rings. The van der Waals surface area contributed by atoms with E-state index in [0.717, 1.165) is 18.4 Å². The summed E-state index contributed by atoms with van der Waals surface area (Å²) in [4.78, 5) is 11.3. The third-order valence-corrected chi connectivity index (χ3v) is 3.74. The Bertz CT molecular complexity index is 507. The van der Waals surface area contributed by atoms with Crippen molar-refractivity contribution in [3.05, 3.63) is 29.3 Å². The van der Waals surface area contributed by atoms with Gasteiger partial charge in [-0.05, 0) is 25.8 Å². The zero-order chi connectivity index (χ0) is 14.9. The van der Waals surface area contributed by atoms with Crippen LogP contribution in [0.25, 0.3) is 0 Å². The second-order valence-corrected chi connectivity index (χ2v) is 6.05. The predicted octanol–water partition coefficient (Wildman–Crippen LogP) is 2.93. The van der Waals surface area contributed by atoms with Crippen LogP contribution in [0.1, 0.15) is 50.8 Å². The Hall–Kier alpha value is -1.55. The molecular weight excluding hydrogens is 256 g/mol. The van der Waals surface area contributed by atoms with Crippen molar-refractivity contribution >= 4 is 5.97 Å². The van der Waals surface area contributed by atoms with Gasteiger partial charge in [-0.2, -0.15) is 0 Å². The lowest BCUT2D eigenvalue weighted by molar-refractivity contribution is -0.146. The van der Waals surface area contributed by atoms with E-state index in [2.05, 4.69) is 0 Å². The zero-order valence-corrected chi connectivity index (χ0v) is 12.2. The van der Waals surface area contributed by atoms with Crippen LogP contribution in [0.3, 0.4) is 0 Å². The summed E-state index contributed by atoms with van der Waals surface area (Å²) in [5.41, 5.74) is 1.32. The molecule has 20 heavy (non-hydrogen) atoms. The van der Waals surface area contributed by atoms with Crippen molar-refractivity contribution < 1.29 is 19.7 Å². The number of hydrogen-bond acceptors (Lipinski definition) is 3. The Morgan fingerprint density at radius 1 is 1.45 bits per heavy atom. The van der Waals surface area contributed by atoms with Crippen LogP contribution in [0.5, 0.6) is 5.75 Å². The van der Waals surface area contributed by atoms with Crippen molar-refractivity contribution in [1.82, 2.24) is 0 Å². The third kappa shape index (κ3) is 2.80. The number of carbonyl (C=O) groups is 1. The summed E-state index contributed by atoms with van der Waals surface area (Å²) in [5, 5.41) is 19.7. The highest BCUT2D eigenvalue weighted by molar-refractivity contribution is 5.71. The molecule has 110 valence electrons. The summed E-state index contributed by atoms with van der Waals surface area (Å²) < 4.78 is 5.90. The van der Waals surface area contributed by atoms with Crippen molar-refractivity contribution in [2.75, 3.05) is 0 Å². The molecule has 0 bridgehead atoms. The van der Waals surface area contributed by atoms with Gasteiger partial charge in [0.25, 0.3) is 0 Å². The highest BCUT2D eigenvalue weighted by atomic mass is 16.5. The second kappa shape index (κ2) is 5.44. The highest BCUT2D eigenvalue weighted by Crippen LogP contribution is 2.42. The Labute approximate surface area is 119 Å². The normalized spacial score (nSPS) is 19.0. The molecule has 0 amide bonds. The van der Waals surface area contributed by atoms with Crippen molar-refractivity contribution in [2.24, 2.45) is 5.92 Å². The molecule has 4 heteroatoms. The number of hydrogen-bond donors (Lipinski definition) is 2. The summed E-state index contributed by atoms with van der Waals surface area (Å²) in [6.45, 7) is 5.89. The van der Waals surface area contributed by atoms with Crippen molar-refractivity contribution in [1.29, 1.82) is 0 Å². The Balaban J connectivity index is 2.35. The van der Waals surface area contributed by atoms with Crippen LogP contribution in [0.15, 0.2) is 18.2 Å².